The zero-order valence-electron chi connectivity index (χ0n) is 12.1. The highest BCUT2D eigenvalue weighted by Gasteiger charge is 2.27. The Morgan fingerprint density at radius 2 is 2.05 bits per heavy atom. The Kier molecular flexibility index (Phi) is 5.58. The molecule has 1 aromatic heterocycles. The summed E-state index contributed by atoms with van der Waals surface area (Å²) in [6.07, 6.45) is 2.74. The van der Waals surface area contributed by atoms with Gasteiger partial charge in [0.2, 0.25) is 0 Å². The lowest BCUT2D eigenvalue weighted by atomic mass is 10.1. The van der Waals surface area contributed by atoms with E-state index in [1.807, 2.05) is 18.7 Å². The van der Waals surface area contributed by atoms with Crippen molar-refractivity contribution < 1.29 is 8.42 Å². The van der Waals surface area contributed by atoms with Crippen LogP contribution in [0, 0.1) is 0 Å². The first-order valence-corrected chi connectivity index (χ1v) is 9.03. The fraction of sp³-hybridized carbons (Fsp3) is 0.750. The molecular weight excluding hydrogens is 330 g/mol. The van der Waals surface area contributed by atoms with Gasteiger partial charge in [-0.05, 0) is 36.3 Å². The van der Waals surface area contributed by atoms with Crippen molar-refractivity contribution in [1.82, 2.24) is 15.1 Å². The van der Waals surface area contributed by atoms with E-state index in [0.29, 0.717) is 6.42 Å². The third kappa shape index (κ3) is 3.79. The van der Waals surface area contributed by atoms with Crippen molar-refractivity contribution in [3.8, 4) is 0 Å². The molecule has 19 heavy (non-hydrogen) atoms. The van der Waals surface area contributed by atoms with E-state index in [4.69, 9.17) is 0 Å². The lowest BCUT2D eigenvalue weighted by Gasteiger charge is -2.22. The number of likely N-dealkylation sites (N-methyl/N-ethyl adjacent to an activating group) is 1. The predicted octanol–water partition coefficient (Wildman–Crippen LogP) is 1.31. The molecule has 0 aromatic carbocycles. The van der Waals surface area contributed by atoms with Gasteiger partial charge in [0.1, 0.15) is 0 Å². The van der Waals surface area contributed by atoms with Crippen molar-refractivity contribution in [2.75, 3.05) is 13.3 Å². The van der Waals surface area contributed by atoms with E-state index in [-0.39, 0.29) is 6.04 Å². The average molecular weight is 352 g/mol. The van der Waals surface area contributed by atoms with Gasteiger partial charge in [-0.1, -0.05) is 6.92 Å². The maximum atomic E-state index is 11.7. The zero-order valence-corrected chi connectivity index (χ0v) is 14.5. The molecule has 1 rings (SSSR count). The predicted molar refractivity (Wildman–Crippen MR) is 81.1 cm³/mol. The van der Waals surface area contributed by atoms with E-state index in [1.54, 1.807) is 14.0 Å². The number of nitrogens with zero attached hydrogens (tertiary/aromatic N) is 2. The second-order valence-corrected chi connectivity index (χ2v) is 8.01. The molecule has 0 spiro atoms. The first kappa shape index (κ1) is 16.7. The number of halogens is 1. The Bertz CT molecular complexity index is 539. The molecule has 0 radical (unpaired) electrons. The van der Waals surface area contributed by atoms with Crippen LogP contribution >= 0.6 is 15.9 Å². The summed E-state index contributed by atoms with van der Waals surface area (Å²) in [5.74, 6) is 0. The molecule has 0 amide bonds. The van der Waals surface area contributed by atoms with Crippen molar-refractivity contribution in [2.24, 2.45) is 7.05 Å². The van der Waals surface area contributed by atoms with E-state index < -0.39 is 15.1 Å². The van der Waals surface area contributed by atoms with Gasteiger partial charge in [0, 0.05) is 25.8 Å². The molecule has 0 fully saturated rings. The van der Waals surface area contributed by atoms with Gasteiger partial charge < -0.3 is 5.32 Å². The Balaban J connectivity index is 3.03. The van der Waals surface area contributed by atoms with Gasteiger partial charge in [-0.2, -0.15) is 5.10 Å². The Hall–Kier alpha value is -0.400. The number of sulfone groups is 1. The van der Waals surface area contributed by atoms with Gasteiger partial charge in [-0.25, -0.2) is 8.42 Å². The second kappa shape index (κ2) is 6.37. The summed E-state index contributed by atoms with van der Waals surface area (Å²) in [5, 5.41) is 7.09. The first-order valence-electron chi connectivity index (χ1n) is 6.28. The third-order valence-electron chi connectivity index (χ3n) is 3.53. The molecule has 1 aromatic rings. The highest BCUT2D eigenvalue weighted by Crippen LogP contribution is 2.24. The minimum absolute atomic E-state index is 0.133. The first-order chi connectivity index (χ1) is 8.72. The van der Waals surface area contributed by atoms with Gasteiger partial charge >= 0.3 is 0 Å². The van der Waals surface area contributed by atoms with Crippen LogP contribution in [0.3, 0.4) is 0 Å². The third-order valence-corrected chi connectivity index (χ3v) is 6.12. The summed E-state index contributed by atoms with van der Waals surface area (Å²) in [6.45, 7) is 3.78. The number of hydrogen-bond acceptors (Lipinski definition) is 4. The Morgan fingerprint density at radius 3 is 2.42 bits per heavy atom. The van der Waals surface area contributed by atoms with Crippen LogP contribution in [0.25, 0.3) is 0 Å². The zero-order chi connectivity index (χ0) is 14.8. The molecule has 5 nitrogen and oxygen atoms in total. The van der Waals surface area contributed by atoms with Crippen LogP contribution in [0.15, 0.2) is 4.47 Å². The van der Waals surface area contributed by atoms with Crippen molar-refractivity contribution >= 4 is 25.8 Å². The molecule has 7 heteroatoms. The number of hydrogen-bond donors (Lipinski definition) is 1. The minimum atomic E-state index is -3.07. The summed E-state index contributed by atoms with van der Waals surface area (Å²) < 4.78 is 26.2. The fourth-order valence-corrected chi connectivity index (χ4v) is 3.66. The number of aromatic nitrogens is 2. The second-order valence-electron chi connectivity index (χ2n) is 4.82. The molecule has 0 saturated heterocycles. The largest absolute Gasteiger partial charge is 0.315 e. The highest BCUT2D eigenvalue weighted by molar-refractivity contribution is 9.10. The molecule has 1 N–H and O–H groups in total. The quantitative estimate of drug-likeness (QED) is 0.839. The van der Waals surface area contributed by atoms with E-state index in [9.17, 15) is 8.42 Å². The minimum Gasteiger partial charge on any atom is -0.315 e. The van der Waals surface area contributed by atoms with Crippen LogP contribution < -0.4 is 5.32 Å². The lowest BCUT2D eigenvalue weighted by Crippen LogP contribution is -2.42. The summed E-state index contributed by atoms with van der Waals surface area (Å²) in [7, 11) is 0.609. The van der Waals surface area contributed by atoms with E-state index in [0.717, 1.165) is 22.3 Å². The van der Waals surface area contributed by atoms with Crippen LogP contribution in [0.2, 0.25) is 0 Å². The van der Waals surface area contributed by atoms with Crippen molar-refractivity contribution in [3.05, 3.63) is 15.9 Å². The fourth-order valence-electron chi connectivity index (χ4n) is 2.05. The maximum Gasteiger partial charge on any atom is 0.151 e. The van der Waals surface area contributed by atoms with Crippen LogP contribution in [0.5, 0.6) is 0 Å². The lowest BCUT2D eigenvalue weighted by molar-refractivity contribution is 0.503. The average Bonchev–Trinajstić information content (AvgIpc) is 2.60. The standard InChI is InChI=1S/C12H22BrN3O2S/c1-6-9-12(13)11(16(4)15-9)7-10(14-3)8(2)19(5,17)18/h8,10,14H,6-7H2,1-5H3. The van der Waals surface area contributed by atoms with Gasteiger partial charge in [-0.3, -0.25) is 4.68 Å². The van der Waals surface area contributed by atoms with Gasteiger partial charge in [0.05, 0.1) is 21.1 Å². The Labute approximate surface area is 123 Å². The van der Waals surface area contributed by atoms with E-state index in [1.165, 1.54) is 6.26 Å². The number of aryl methyl sites for hydroxylation is 2. The molecule has 0 aliphatic heterocycles. The summed E-state index contributed by atoms with van der Waals surface area (Å²) >= 11 is 3.56. The normalized spacial score (nSPS) is 15.5. The summed E-state index contributed by atoms with van der Waals surface area (Å²) in [6, 6.07) is -0.133. The molecule has 0 saturated carbocycles. The van der Waals surface area contributed by atoms with Crippen LogP contribution in [0.1, 0.15) is 25.2 Å². The van der Waals surface area contributed by atoms with E-state index >= 15 is 0 Å². The summed E-state index contributed by atoms with van der Waals surface area (Å²) in [4.78, 5) is 0. The SMILES string of the molecule is CCc1nn(C)c(CC(NC)C(C)S(C)(=O)=O)c1Br. The van der Waals surface area contributed by atoms with Crippen LogP contribution in [0.4, 0.5) is 0 Å². The number of nitrogens with one attached hydrogen (secondary N) is 1. The molecule has 2 unspecified atom stereocenters. The van der Waals surface area contributed by atoms with E-state index in [2.05, 4.69) is 26.3 Å². The highest BCUT2D eigenvalue weighted by atomic mass is 79.9. The monoisotopic (exact) mass is 351 g/mol. The smallest absolute Gasteiger partial charge is 0.151 e. The van der Waals surface area contributed by atoms with Gasteiger partial charge in [0.25, 0.3) is 0 Å². The molecule has 0 aliphatic rings. The molecule has 0 bridgehead atoms. The van der Waals surface area contributed by atoms with Gasteiger partial charge in [-0.15, -0.1) is 0 Å². The summed E-state index contributed by atoms with van der Waals surface area (Å²) in [5.41, 5.74) is 2.02. The molecule has 1 heterocycles. The molecule has 110 valence electrons. The molecule has 2 atom stereocenters. The molecular formula is C12H22BrN3O2S. The topological polar surface area (TPSA) is 64.0 Å². The Morgan fingerprint density at radius 1 is 1.47 bits per heavy atom. The van der Waals surface area contributed by atoms with Crippen LogP contribution in [-0.4, -0.2) is 42.8 Å². The van der Waals surface area contributed by atoms with Crippen molar-refractivity contribution in [2.45, 2.75) is 38.0 Å². The van der Waals surface area contributed by atoms with Gasteiger partial charge in [0.15, 0.2) is 9.84 Å². The van der Waals surface area contributed by atoms with Crippen molar-refractivity contribution in [3.63, 3.8) is 0 Å². The number of rotatable bonds is 6. The van der Waals surface area contributed by atoms with Crippen LogP contribution in [-0.2, 0) is 29.7 Å². The van der Waals surface area contributed by atoms with Crippen molar-refractivity contribution in [1.29, 1.82) is 0 Å². The maximum absolute atomic E-state index is 11.7. The molecule has 0 aliphatic carbocycles.